The molecule has 10 heteroatoms. The second kappa shape index (κ2) is 9.02. The number of aromatic carboxylic acids is 1. The monoisotopic (exact) mass is 455 g/mol. The van der Waals surface area contributed by atoms with Crippen LogP contribution in [0, 0.1) is 11.7 Å². The van der Waals surface area contributed by atoms with Crippen molar-refractivity contribution in [2.45, 2.75) is 37.8 Å². The number of rotatable bonds is 6. The van der Waals surface area contributed by atoms with Gasteiger partial charge in [-0.05, 0) is 37.7 Å². The third-order valence-corrected chi connectivity index (χ3v) is 6.20. The number of benzene rings is 1. The fourth-order valence-corrected chi connectivity index (χ4v) is 4.48. The van der Waals surface area contributed by atoms with Gasteiger partial charge in [0.15, 0.2) is 11.6 Å². The van der Waals surface area contributed by atoms with Gasteiger partial charge in [-0.25, -0.2) is 9.18 Å². The molecule has 0 bridgehead atoms. The SMILES string of the molecule is COc1c(N2CC[C@@H](CCO)[C@H](N)C2)c(F)cc2c(=O)c(C(=O)O)cn(C3CC3)c12.Cl. The van der Waals surface area contributed by atoms with Gasteiger partial charge in [-0.1, -0.05) is 0 Å². The van der Waals surface area contributed by atoms with E-state index in [1.807, 2.05) is 4.90 Å². The molecule has 0 amide bonds. The lowest BCUT2D eigenvalue weighted by Gasteiger charge is -2.38. The zero-order valence-corrected chi connectivity index (χ0v) is 18.0. The maximum atomic E-state index is 15.3. The average molecular weight is 456 g/mol. The molecule has 0 spiro atoms. The molecule has 1 aromatic heterocycles. The minimum Gasteiger partial charge on any atom is -0.492 e. The molecule has 2 fully saturated rings. The van der Waals surface area contributed by atoms with Crippen molar-refractivity contribution in [3.63, 3.8) is 0 Å². The fourth-order valence-electron chi connectivity index (χ4n) is 4.48. The van der Waals surface area contributed by atoms with Gasteiger partial charge in [0.25, 0.3) is 0 Å². The smallest absolute Gasteiger partial charge is 0.341 e. The van der Waals surface area contributed by atoms with E-state index < -0.39 is 17.2 Å². The highest BCUT2D eigenvalue weighted by Gasteiger charge is 2.33. The van der Waals surface area contributed by atoms with E-state index in [1.54, 1.807) is 4.57 Å². The van der Waals surface area contributed by atoms with Crippen molar-refractivity contribution in [3.05, 3.63) is 33.9 Å². The molecule has 2 aromatic rings. The second-order valence-corrected chi connectivity index (χ2v) is 8.12. The highest BCUT2D eigenvalue weighted by atomic mass is 35.5. The summed E-state index contributed by atoms with van der Waals surface area (Å²) in [6.07, 6.45) is 4.35. The number of halogens is 2. The third kappa shape index (κ3) is 4.09. The van der Waals surface area contributed by atoms with Gasteiger partial charge in [0.05, 0.1) is 18.0 Å². The fraction of sp³-hybridized carbons (Fsp3) is 0.524. The largest absolute Gasteiger partial charge is 0.492 e. The van der Waals surface area contributed by atoms with Crippen LogP contribution >= 0.6 is 12.4 Å². The summed E-state index contributed by atoms with van der Waals surface area (Å²) in [4.78, 5) is 26.1. The van der Waals surface area contributed by atoms with E-state index >= 15 is 4.39 Å². The lowest BCUT2D eigenvalue weighted by molar-refractivity contribution is 0.0694. The topological polar surface area (TPSA) is 118 Å². The molecule has 1 aliphatic carbocycles. The first-order valence-electron chi connectivity index (χ1n) is 10.2. The number of piperidine rings is 1. The van der Waals surface area contributed by atoms with E-state index in [0.29, 0.717) is 31.4 Å². The molecule has 2 aliphatic rings. The number of carboxylic acids is 1. The quantitative estimate of drug-likeness (QED) is 0.610. The van der Waals surface area contributed by atoms with E-state index in [-0.39, 0.29) is 59.4 Å². The number of hydrogen-bond donors (Lipinski definition) is 3. The highest BCUT2D eigenvalue weighted by molar-refractivity contribution is 5.97. The molecular formula is C21H27ClFN3O5. The number of hydrogen-bond acceptors (Lipinski definition) is 6. The van der Waals surface area contributed by atoms with Crippen LogP contribution in [-0.4, -0.2) is 53.6 Å². The number of anilines is 1. The molecule has 2 heterocycles. The summed E-state index contributed by atoms with van der Waals surface area (Å²) in [6.45, 7) is 0.994. The van der Waals surface area contributed by atoms with Gasteiger partial charge in [0.1, 0.15) is 11.3 Å². The van der Waals surface area contributed by atoms with Crippen LogP contribution in [0.4, 0.5) is 10.1 Å². The number of ether oxygens (including phenoxy) is 1. The van der Waals surface area contributed by atoms with E-state index in [1.165, 1.54) is 13.3 Å². The molecular weight excluding hydrogens is 429 g/mol. The predicted molar refractivity (Wildman–Crippen MR) is 117 cm³/mol. The minimum atomic E-state index is -1.34. The maximum Gasteiger partial charge on any atom is 0.341 e. The summed E-state index contributed by atoms with van der Waals surface area (Å²) in [5.41, 5.74) is 5.82. The summed E-state index contributed by atoms with van der Waals surface area (Å²) >= 11 is 0. The molecule has 1 saturated heterocycles. The third-order valence-electron chi connectivity index (χ3n) is 6.20. The van der Waals surface area contributed by atoms with E-state index in [2.05, 4.69) is 0 Å². The molecule has 0 unspecified atom stereocenters. The van der Waals surface area contributed by atoms with Crippen molar-refractivity contribution in [2.24, 2.45) is 11.7 Å². The molecule has 170 valence electrons. The molecule has 1 aromatic carbocycles. The number of methoxy groups -OCH3 is 1. The van der Waals surface area contributed by atoms with Gasteiger partial charge in [0.2, 0.25) is 5.43 Å². The van der Waals surface area contributed by atoms with Gasteiger partial charge in [-0.15, -0.1) is 12.4 Å². The average Bonchev–Trinajstić information content (AvgIpc) is 3.54. The van der Waals surface area contributed by atoms with Crippen LogP contribution in [0.25, 0.3) is 10.9 Å². The Hall–Kier alpha value is -2.36. The van der Waals surface area contributed by atoms with Crippen molar-refractivity contribution < 1.29 is 24.1 Å². The van der Waals surface area contributed by atoms with Gasteiger partial charge >= 0.3 is 5.97 Å². The van der Waals surface area contributed by atoms with Gasteiger partial charge < -0.3 is 30.2 Å². The minimum absolute atomic E-state index is 0. The van der Waals surface area contributed by atoms with Crippen molar-refractivity contribution >= 4 is 35.0 Å². The van der Waals surface area contributed by atoms with E-state index in [4.69, 9.17) is 10.5 Å². The summed E-state index contributed by atoms with van der Waals surface area (Å²) < 4.78 is 22.6. The summed E-state index contributed by atoms with van der Waals surface area (Å²) in [5, 5.41) is 18.6. The van der Waals surface area contributed by atoms with Crippen LogP contribution in [0.15, 0.2) is 17.1 Å². The van der Waals surface area contributed by atoms with Gasteiger partial charge in [-0.2, -0.15) is 0 Å². The summed E-state index contributed by atoms with van der Waals surface area (Å²) in [7, 11) is 1.42. The first-order chi connectivity index (χ1) is 14.4. The Bertz CT molecular complexity index is 1060. The van der Waals surface area contributed by atoms with Crippen LogP contribution in [0.5, 0.6) is 5.75 Å². The Morgan fingerprint density at radius 1 is 1.35 bits per heavy atom. The predicted octanol–water partition coefficient (Wildman–Crippen LogP) is 2.14. The number of nitrogens with two attached hydrogens (primary N) is 1. The van der Waals surface area contributed by atoms with Crippen molar-refractivity contribution in [2.75, 3.05) is 31.7 Å². The van der Waals surface area contributed by atoms with Crippen molar-refractivity contribution in [3.8, 4) is 5.75 Å². The van der Waals surface area contributed by atoms with E-state index in [9.17, 15) is 19.8 Å². The molecule has 2 atom stereocenters. The van der Waals surface area contributed by atoms with Crippen LogP contribution in [-0.2, 0) is 0 Å². The summed E-state index contributed by atoms with van der Waals surface area (Å²) in [5.74, 6) is -1.60. The number of aromatic nitrogens is 1. The normalized spacial score (nSPS) is 21.1. The second-order valence-electron chi connectivity index (χ2n) is 8.12. The Morgan fingerprint density at radius 2 is 2.06 bits per heavy atom. The molecule has 1 aliphatic heterocycles. The number of nitrogens with zero attached hydrogens (tertiary/aromatic N) is 2. The van der Waals surface area contributed by atoms with Crippen LogP contribution < -0.4 is 20.8 Å². The summed E-state index contributed by atoms with van der Waals surface area (Å²) in [6, 6.07) is 0.938. The molecule has 4 N–H and O–H groups in total. The van der Waals surface area contributed by atoms with Crippen molar-refractivity contribution in [1.82, 2.24) is 4.57 Å². The Morgan fingerprint density at radius 3 is 2.61 bits per heavy atom. The maximum absolute atomic E-state index is 15.3. The van der Waals surface area contributed by atoms with Gasteiger partial charge in [-0.3, -0.25) is 4.79 Å². The first-order valence-corrected chi connectivity index (χ1v) is 10.2. The lowest BCUT2D eigenvalue weighted by Crippen LogP contribution is -2.49. The number of carboxylic acid groups (broad SMARTS) is 1. The van der Waals surface area contributed by atoms with Crippen LogP contribution in [0.2, 0.25) is 0 Å². The number of aliphatic hydroxyl groups excluding tert-OH is 1. The first kappa shape index (κ1) is 23.3. The number of pyridine rings is 1. The molecule has 0 radical (unpaired) electrons. The number of carbonyl (C=O) groups is 1. The lowest BCUT2D eigenvalue weighted by atomic mass is 9.89. The van der Waals surface area contributed by atoms with Gasteiger partial charge in [0, 0.05) is 38.0 Å². The van der Waals surface area contributed by atoms with Crippen LogP contribution in [0.3, 0.4) is 0 Å². The zero-order valence-electron chi connectivity index (χ0n) is 17.2. The Labute approximate surface area is 184 Å². The molecule has 4 rings (SSSR count). The number of fused-ring (bicyclic) bond motifs is 1. The van der Waals surface area contributed by atoms with E-state index in [0.717, 1.165) is 18.9 Å². The van der Waals surface area contributed by atoms with Crippen LogP contribution in [0.1, 0.15) is 42.1 Å². The molecule has 31 heavy (non-hydrogen) atoms. The zero-order chi connectivity index (χ0) is 21.6. The Kier molecular flexibility index (Phi) is 6.78. The van der Waals surface area contributed by atoms with Crippen molar-refractivity contribution in [1.29, 1.82) is 0 Å². The molecule has 8 nitrogen and oxygen atoms in total. The Balaban J connectivity index is 0.00000272. The standard InChI is InChI=1S/C21H26FN3O5.ClH/c1-30-20-17-13(19(27)14(21(28)29)9-25(17)12-2-3-12)8-15(22)18(20)24-6-4-11(5-7-26)16(23)10-24;/h8-9,11-12,16,26H,2-7,10,23H2,1H3,(H,28,29);1H/t11-,16+;/m0./s1. The molecule has 1 saturated carbocycles. The number of aliphatic hydroxyl groups is 1. The highest BCUT2D eigenvalue weighted by Crippen LogP contribution is 2.44.